The summed E-state index contributed by atoms with van der Waals surface area (Å²) in [7, 11) is 4.04. The molecule has 0 spiro atoms. The normalized spacial score (nSPS) is 11.3. The molecule has 0 aliphatic rings. The number of rotatable bonds is 4. The minimum absolute atomic E-state index is 0.931. The molecule has 5 heteroatoms. The van der Waals surface area contributed by atoms with Crippen LogP contribution in [0.5, 0.6) is 0 Å². The van der Waals surface area contributed by atoms with E-state index in [-0.39, 0.29) is 0 Å². The highest BCUT2D eigenvalue weighted by atomic mass is 15.1. The van der Waals surface area contributed by atoms with E-state index in [9.17, 15) is 0 Å². The predicted octanol–water partition coefficient (Wildman–Crippen LogP) is 2.03. The van der Waals surface area contributed by atoms with Crippen molar-refractivity contribution in [1.29, 1.82) is 0 Å². The Bertz CT molecular complexity index is 738. The van der Waals surface area contributed by atoms with Crippen molar-refractivity contribution >= 4 is 11.0 Å². The summed E-state index contributed by atoms with van der Waals surface area (Å²) < 4.78 is 2.18. The van der Waals surface area contributed by atoms with Gasteiger partial charge >= 0.3 is 0 Å². The lowest BCUT2D eigenvalue weighted by Gasteiger charge is -2.07. The van der Waals surface area contributed by atoms with Gasteiger partial charge in [-0.25, -0.2) is 9.97 Å². The van der Waals surface area contributed by atoms with E-state index >= 15 is 0 Å². The fourth-order valence-corrected chi connectivity index (χ4v) is 2.64. The summed E-state index contributed by atoms with van der Waals surface area (Å²) in [5.41, 5.74) is 5.46. The Morgan fingerprint density at radius 2 is 2.20 bits per heavy atom. The van der Waals surface area contributed by atoms with Crippen molar-refractivity contribution in [1.82, 2.24) is 24.8 Å². The van der Waals surface area contributed by atoms with Gasteiger partial charge in [0.2, 0.25) is 0 Å². The second-order valence-corrected chi connectivity index (χ2v) is 5.01. The minimum Gasteiger partial charge on any atom is -0.345 e. The first-order valence-corrected chi connectivity index (χ1v) is 6.81. The zero-order valence-corrected chi connectivity index (χ0v) is 12.1. The lowest BCUT2D eigenvalue weighted by Crippen LogP contribution is -2.13. The maximum Gasteiger partial charge on any atom is 0.110 e. The number of benzene rings is 1. The van der Waals surface area contributed by atoms with Gasteiger partial charge in [-0.15, -0.1) is 0 Å². The molecule has 20 heavy (non-hydrogen) atoms. The quantitative estimate of drug-likeness (QED) is 0.762. The van der Waals surface area contributed by atoms with Gasteiger partial charge in [0.05, 0.1) is 28.7 Å². The van der Waals surface area contributed by atoms with Gasteiger partial charge < -0.3 is 14.9 Å². The number of aromatic nitrogens is 4. The third kappa shape index (κ3) is 2.10. The fraction of sp³-hybridized carbons (Fsp3) is 0.333. The van der Waals surface area contributed by atoms with Crippen LogP contribution < -0.4 is 5.32 Å². The Morgan fingerprint density at radius 1 is 1.35 bits per heavy atom. The minimum atomic E-state index is 0.931. The predicted molar refractivity (Wildman–Crippen MR) is 80.7 cm³/mol. The standard InChI is InChI=1S/C15H19N5/c1-10-15(20(3)14(19-10)6-7-16-2)11-4-5-12-13(8-11)18-9-17-12/h4-5,8-9,16H,6-7H2,1-3H3,(H,17,18). The van der Waals surface area contributed by atoms with Crippen LogP contribution in [0, 0.1) is 6.92 Å². The first-order chi connectivity index (χ1) is 9.70. The van der Waals surface area contributed by atoms with Gasteiger partial charge in [-0.1, -0.05) is 6.07 Å². The van der Waals surface area contributed by atoms with Gasteiger partial charge in [0.15, 0.2) is 0 Å². The summed E-state index contributed by atoms with van der Waals surface area (Å²) in [5.74, 6) is 1.11. The molecule has 2 N–H and O–H groups in total. The van der Waals surface area contributed by atoms with Crippen molar-refractivity contribution in [3.63, 3.8) is 0 Å². The highest BCUT2D eigenvalue weighted by molar-refractivity contribution is 5.81. The van der Waals surface area contributed by atoms with Crippen LogP contribution in [-0.4, -0.2) is 33.1 Å². The topological polar surface area (TPSA) is 58.5 Å². The molecule has 2 aromatic heterocycles. The molecule has 0 unspecified atom stereocenters. The summed E-state index contributed by atoms with van der Waals surface area (Å²) in [5, 5.41) is 3.17. The van der Waals surface area contributed by atoms with Gasteiger partial charge in [0, 0.05) is 25.6 Å². The summed E-state index contributed by atoms with van der Waals surface area (Å²) in [4.78, 5) is 12.1. The van der Waals surface area contributed by atoms with E-state index in [4.69, 9.17) is 0 Å². The Kier molecular flexibility index (Phi) is 3.28. The van der Waals surface area contributed by atoms with E-state index in [0.29, 0.717) is 0 Å². The Labute approximate surface area is 118 Å². The van der Waals surface area contributed by atoms with Gasteiger partial charge in [0.1, 0.15) is 5.82 Å². The van der Waals surface area contributed by atoms with Crippen LogP contribution in [0.25, 0.3) is 22.3 Å². The van der Waals surface area contributed by atoms with Crippen molar-refractivity contribution in [2.45, 2.75) is 13.3 Å². The molecule has 0 saturated carbocycles. The third-order valence-electron chi connectivity index (χ3n) is 3.65. The van der Waals surface area contributed by atoms with Gasteiger partial charge in [-0.3, -0.25) is 0 Å². The van der Waals surface area contributed by atoms with E-state index < -0.39 is 0 Å². The van der Waals surface area contributed by atoms with E-state index in [1.165, 1.54) is 11.3 Å². The van der Waals surface area contributed by atoms with Gasteiger partial charge in [-0.05, 0) is 26.1 Å². The van der Waals surface area contributed by atoms with E-state index in [1.807, 2.05) is 13.1 Å². The average molecular weight is 269 g/mol. The summed E-state index contributed by atoms with van der Waals surface area (Å²) in [6.07, 6.45) is 2.66. The number of aromatic amines is 1. The van der Waals surface area contributed by atoms with E-state index in [0.717, 1.165) is 35.5 Å². The van der Waals surface area contributed by atoms with Crippen molar-refractivity contribution in [3.8, 4) is 11.3 Å². The van der Waals surface area contributed by atoms with Crippen LogP contribution in [0.2, 0.25) is 0 Å². The highest BCUT2D eigenvalue weighted by Crippen LogP contribution is 2.26. The molecule has 0 bridgehead atoms. The van der Waals surface area contributed by atoms with Crippen LogP contribution in [0.15, 0.2) is 24.5 Å². The van der Waals surface area contributed by atoms with Gasteiger partial charge in [-0.2, -0.15) is 0 Å². The van der Waals surface area contributed by atoms with Crippen LogP contribution in [0.3, 0.4) is 0 Å². The monoisotopic (exact) mass is 269 g/mol. The molecule has 0 saturated heterocycles. The second kappa shape index (κ2) is 5.09. The molecule has 0 aliphatic heterocycles. The number of nitrogens with one attached hydrogen (secondary N) is 2. The molecule has 2 heterocycles. The number of fused-ring (bicyclic) bond motifs is 1. The highest BCUT2D eigenvalue weighted by Gasteiger charge is 2.13. The molecular weight excluding hydrogens is 250 g/mol. The number of nitrogens with zero attached hydrogens (tertiary/aromatic N) is 3. The van der Waals surface area contributed by atoms with Crippen LogP contribution >= 0.6 is 0 Å². The number of aryl methyl sites for hydroxylation is 1. The Balaban J connectivity index is 2.06. The summed E-state index contributed by atoms with van der Waals surface area (Å²) >= 11 is 0. The molecule has 0 radical (unpaired) electrons. The number of hydrogen-bond donors (Lipinski definition) is 2. The summed E-state index contributed by atoms with van der Waals surface area (Å²) in [6, 6.07) is 6.28. The SMILES string of the molecule is CNCCc1nc(C)c(-c2ccc3nc[nH]c3c2)n1C. The van der Waals surface area contributed by atoms with Gasteiger partial charge in [0.25, 0.3) is 0 Å². The Hall–Kier alpha value is -2.14. The lowest BCUT2D eigenvalue weighted by atomic mass is 10.1. The number of H-pyrrole nitrogens is 1. The molecule has 104 valence electrons. The molecule has 1 aromatic carbocycles. The number of likely N-dealkylation sites (N-methyl/N-ethyl adjacent to an activating group) is 1. The van der Waals surface area contributed by atoms with Crippen LogP contribution in [0.1, 0.15) is 11.5 Å². The maximum atomic E-state index is 4.69. The molecule has 0 atom stereocenters. The molecule has 0 fully saturated rings. The first kappa shape index (κ1) is 12.9. The van der Waals surface area contributed by atoms with E-state index in [2.05, 4.69) is 50.9 Å². The Morgan fingerprint density at radius 3 is 3.00 bits per heavy atom. The maximum absolute atomic E-state index is 4.69. The zero-order chi connectivity index (χ0) is 14.1. The van der Waals surface area contributed by atoms with Crippen LogP contribution in [-0.2, 0) is 13.5 Å². The van der Waals surface area contributed by atoms with Crippen LogP contribution in [0.4, 0.5) is 0 Å². The van der Waals surface area contributed by atoms with Crippen molar-refractivity contribution in [2.24, 2.45) is 7.05 Å². The molecule has 5 nitrogen and oxygen atoms in total. The van der Waals surface area contributed by atoms with Crippen molar-refractivity contribution < 1.29 is 0 Å². The summed E-state index contributed by atoms with van der Waals surface area (Å²) in [6.45, 7) is 3.00. The largest absolute Gasteiger partial charge is 0.345 e. The zero-order valence-electron chi connectivity index (χ0n) is 12.1. The smallest absolute Gasteiger partial charge is 0.110 e. The van der Waals surface area contributed by atoms with Crippen molar-refractivity contribution in [3.05, 3.63) is 36.0 Å². The molecule has 0 amide bonds. The van der Waals surface area contributed by atoms with Crippen molar-refractivity contribution in [2.75, 3.05) is 13.6 Å². The lowest BCUT2D eigenvalue weighted by molar-refractivity contribution is 0.720. The molecule has 3 aromatic rings. The molecule has 0 aliphatic carbocycles. The van der Waals surface area contributed by atoms with E-state index in [1.54, 1.807) is 6.33 Å². The number of hydrogen-bond acceptors (Lipinski definition) is 3. The third-order valence-corrected chi connectivity index (χ3v) is 3.65. The molecule has 3 rings (SSSR count). The first-order valence-electron chi connectivity index (χ1n) is 6.81. The fourth-order valence-electron chi connectivity index (χ4n) is 2.64. The molecular formula is C15H19N5. The number of imidazole rings is 2. The second-order valence-electron chi connectivity index (χ2n) is 5.01. The average Bonchev–Trinajstić information content (AvgIpc) is 3.00.